The van der Waals surface area contributed by atoms with Gasteiger partial charge in [0.1, 0.15) is 6.61 Å². The molecule has 10 aliphatic rings. The molecule has 1 amide bonds. The molecule has 2 aliphatic carbocycles. The lowest BCUT2D eigenvalue weighted by Gasteiger charge is -2.61. The minimum atomic E-state index is -3.78. The van der Waals surface area contributed by atoms with E-state index >= 15 is 0 Å². The van der Waals surface area contributed by atoms with Crippen LogP contribution in [0.2, 0.25) is 0 Å². The van der Waals surface area contributed by atoms with E-state index in [1.165, 1.54) is 4.90 Å². The molecule has 324 valence electrons. The van der Waals surface area contributed by atoms with E-state index in [1.807, 2.05) is 13.8 Å². The lowest BCUT2D eigenvalue weighted by Crippen LogP contribution is -2.70. The number of amides is 1. The van der Waals surface area contributed by atoms with Crippen molar-refractivity contribution >= 4 is 15.9 Å². The quantitative estimate of drug-likeness (QED) is 0.227. The molecular weight excluding hydrogens is 767 g/mol. The number of rotatable bonds is 9. The van der Waals surface area contributed by atoms with Crippen LogP contribution in [0, 0.1) is 53.3 Å². The summed E-state index contributed by atoms with van der Waals surface area (Å²) < 4.78 is 61.9. The van der Waals surface area contributed by atoms with Crippen LogP contribution in [0.15, 0.2) is 29.2 Å². The van der Waals surface area contributed by atoms with Gasteiger partial charge in [-0.2, -0.15) is 0 Å². The third-order valence-electron chi connectivity index (χ3n) is 16.2. The first kappa shape index (κ1) is 41.5. The standard InChI is InChI=1S/C44H65NO12S/c1-25-9-15-34-27(3)36(50-38-43(34)32(25)17-19-41(5,52-38)54-56-43)21-30(24-58(47,48)31-13-11-29(12-14-31)23-49-40(46)45(7)8)22-37-28(4)35-16-10-26(2)33-18-20-42(6)53-39(51-37)44(33,35)57-55-42/h11-14,25-28,30,32-39H,9-10,15-24H2,1-8H3/t25-,26-,27-,28-,30?,32+,33+,34+,35+,36-,37-,38-,39-,41+,42?,43-,44-/m1/s1. The largest absolute Gasteiger partial charge is 0.445 e. The van der Waals surface area contributed by atoms with Crippen LogP contribution in [-0.2, 0) is 59.7 Å². The molecule has 0 radical (unpaired) electrons. The highest BCUT2D eigenvalue weighted by Crippen LogP contribution is 2.63. The van der Waals surface area contributed by atoms with E-state index in [0.29, 0.717) is 30.2 Å². The van der Waals surface area contributed by atoms with Crippen molar-refractivity contribution < 1.29 is 56.4 Å². The monoisotopic (exact) mass is 831 g/mol. The third-order valence-corrected chi connectivity index (χ3v) is 18.1. The number of carbonyl (C=O) groups is 1. The normalized spacial score (nSPS) is 47.2. The number of nitrogens with zero attached hydrogens (tertiary/aromatic N) is 1. The Hall–Kier alpha value is -1.88. The number of hydrogen-bond donors (Lipinski definition) is 0. The molecule has 0 N–H and O–H groups in total. The Morgan fingerprint density at radius 1 is 0.724 bits per heavy atom. The van der Waals surface area contributed by atoms with Gasteiger partial charge in [0, 0.05) is 38.8 Å². The summed E-state index contributed by atoms with van der Waals surface area (Å²) in [4.78, 5) is 38.7. The Morgan fingerprint density at radius 3 is 1.67 bits per heavy atom. The van der Waals surface area contributed by atoms with Crippen molar-refractivity contribution in [2.75, 3.05) is 19.8 Å². The second-order valence-corrected chi connectivity index (χ2v) is 22.1. The average molecular weight is 832 g/mol. The molecule has 14 heteroatoms. The van der Waals surface area contributed by atoms with Crippen LogP contribution in [-0.4, -0.2) is 86.8 Å². The fourth-order valence-corrected chi connectivity index (χ4v) is 14.5. The summed E-state index contributed by atoms with van der Waals surface area (Å²) in [5.41, 5.74) is -0.698. The first-order valence-electron chi connectivity index (χ1n) is 22.0. The Kier molecular flexibility index (Phi) is 10.6. The van der Waals surface area contributed by atoms with Crippen LogP contribution in [0.3, 0.4) is 0 Å². The SMILES string of the molecule is C[C@H]1[C@@H](CC(C[C@H]2O[C@@H]3O[C@]4(C)CC[C@H]5[C@H](C)CC[C@@H]([C@H]2C)[C@@]35OO4)CS(=O)(=O)c2ccc(COC(=O)N(C)C)cc2)O[C@@H]2OC3(C)CC[C@H]4[C@H](C)CC[C@@H]1[C@@]24OO3. The van der Waals surface area contributed by atoms with Gasteiger partial charge in [0.2, 0.25) is 11.6 Å². The van der Waals surface area contributed by atoms with Gasteiger partial charge in [-0.3, -0.25) is 0 Å². The first-order valence-corrected chi connectivity index (χ1v) is 23.7. The van der Waals surface area contributed by atoms with Crippen molar-refractivity contribution in [1.29, 1.82) is 0 Å². The second-order valence-electron chi connectivity index (χ2n) is 20.1. The third kappa shape index (κ3) is 6.78. The van der Waals surface area contributed by atoms with E-state index in [2.05, 4.69) is 27.7 Å². The molecular formula is C44H65NO12S. The maximum absolute atomic E-state index is 14.5. The summed E-state index contributed by atoms with van der Waals surface area (Å²) in [6, 6.07) is 6.66. The Bertz CT molecular complexity index is 1730. The number of fused-ring (bicyclic) bond motifs is 4. The van der Waals surface area contributed by atoms with Gasteiger partial charge in [0.15, 0.2) is 33.6 Å². The molecule has 8 aliphatic heterocycles. The van der Waals surface area contributed by atoms with Crippen molar-refractivity contribution in [1.82, 2.24) is 4.90 Å². The van der Waals surface area contributed by atoms with Crippen LogP contribution >= 0.6 is 0 Å². The molecule has 4 bridgehead atoms. The number of hydrogen-bond acceptors (Lipinski definition) is 12. The van der Waals surface area contributed by atoms with Crippen LogP contribution in [0.1, 0.15) is 111 Å². The van der Waals surface area contributed by atoms with Crippen molar-refractivity contribution in [3.05, 3.63) is 29.8 Å². The molecule has 58 heavy (non-hydrogen) atoms. The van der Waals surface area contributed by atoms with Gasteiger partial charge < -0.3 is 28.6 Å². The lowest BCUT2D eigenvalue weighted by atomic mass is 9.56. The molecule has 0 aromatic heterocycles. The molecule has 17 atom stereocenters. The van der Waals surface area contributed by atoms with Crippen LogP contribution < -0.4 is 0 Å². The number of sulfone groups is 1. The molecule has 1 aromatic carbocycles. The zero-order valence-corrected chi connectivity index (χ0v) is 36.4. The van der Waals surface area contributed by atoms with Crippen LogP contribution in [0.5, 0.6) is 0 Å². The topological polar surface area (TPSA) is 138 Å². The molecule has 2 saturated carbocycles. The van der Waals surface area contributed by atoms with Crippen molar-refractivity contribution in [2.45, 2.75) is 165 Å². The van der Waals surface area contributed by atoms with E-state index in [4.69, 9.17) is 43.2 Å². The Balaban J connectivity index is 1.01. The Morgan fingerprint density at radius 2 is 1.21 bits per heavy atom. The minimum Gasteiger partial charge on any atom is -0.445 e. The maximum atomic E-state index is 14.5. The van der Waals surface area contributed by atoms with Crippen molar-refractivity contribution in [3.8, 4) is 0 Å². The fraction of sp³-hybridized carbons (Fsp3) is 0.841. The van der Waals surface area contributed by atoms with Crippen molar-refractivity contribution in [2.24, 2.45) is 53.3 Å². The van der Waals surface area contributed by atoms with Gasteiger partial charge in [-0.05, 0) is 124 Å². The average Bonchev–Trinajstić information content (AvgIpc) is 3.56. The minimum absolute atomic E-state index is 0.0481. The molecule has 10 fully saturated rings. The summed E-state index contributed by atoms with van der Waals surface area (Å²) in [6.07, 6.45) is 6.22. The second kappa shape index (κ2) is 14.9. The summed E-state index contributed by atoms with van der Waals surface area (Å²) in [6.45, 7) is 13.0. The van der Waals surface area contributed by atoms with E-state index < -0.39 is 51.3 Å². The smallest absolute Gasteiger partial charge is 0.409 e. The van der Waals surface area contributed by atoms with Gasteiger partial charge >= 0.3 is 6.09 Å². The highest BCUT2D eigenvalue weighted by molar-refractivity contribution is 7.91. The first-order chi connectivity index (χ1) is 27.5. The molecule has 2 spiro atoms. The summed E-state index contributed by atoms with van der Waals surface area (Å²) in [7, 11) is -0.544. The van der Waals surface area contributed by atoms with Gasteiger partial charge in [0.05, 0.1) is 22.9 Å². The predicted molar refractivity (Wildman–Crippen MR) is 209 cm³/mol. The molecule has 8 saturated heterocycles. The highest BCUT2D eigenvalue weighted by Gasteiger charge is 2.71. The van der Waals surface area contributed by atoms with Crippen LogP contribution in [0.4, 0.5) is 4.79 Å². The zero-order chi connectivity index (χ0) is 41.0. The van der Waals surface area contributed by atoms with E-state index in [1.54, 1.807) is 38.4 Å². The van der Waals surface area contributed by atoms with Crippen molar-refractivity contribution in [3.63, 3.8) is 0 Å². The molecule has 2 unspecified atom stereocenters. The zero-order valence-electron chi connectivity index (χ0n) is 35.6. The molecule has 13 nitrogen and oxygen atoms in total. The number of benzene rings is 1. The summed E-state index contributed by atoms with van der Waals surface area (Å²) in [5, 5.41) is 0. The lowest BCUT2D eigenvalue weighted by molar-refractivity contribution is -0.571. The fourth-order valence-electron chi connectivity index (χ4n) is 12.9. The highest BCUT2D eigenvalue weighted by atomic mass is 32.2. The Labute approximate surface area is 344 Å². The van der Waals surface area contributed by atoms with E-state index in [9.17, 15) is 13.2 Å². The number of carbonyl (C=O) groups excluding carboxylic acids is 1. The predicted octanol–water partition coefficient (Wildman–Crippen LogP) is 7.56. The number of ether oxygens (including phenoxy) is 5. The summed E-state index contributed by atoms with van der Waals surface area (Å²) >= 11 is 0. The van der Waals surface area contributed by atoms with Gasteiger partial charge in [-0.15, -0.1) is 0 Å². The molecule has 11 rings (SSSR count). The van der Waals surface area contributed by atoms with Gasteiger partial charge in [-0.1, -0.05) is 39.8 Å². The maximum Gasteiger partial charge on any atom is 0.409 e. The van der Waals surface area contributed by atoms with E-state index in [0.717, 1.165) is 51.4 Å². The summed E-state index contributed by atoms with van der Waals surface area (Å²) in [5.74, 6) is -0.463. The van der Waals surface area contributed by atoms with Crippen LogP contribution in [0.25, 0.3) is 0 Å². The molecule has 8 heterocycles. The van der Waals surface area contributed by atoms with Gasteiger partial charge in [0.25, 0.3) is 0 Å². The van der Waals surface area contributed by atoms with Gasteiger partial charge in [-0.25, -0.2) is 32.8 Å². The van der Waals surface area contributed by atoms with E-state index in [-0.39, 0.29) is 70.9 Å². The molecule has 1 aromatic rings.